The van der Waals surface area contributed by atoms with Crippen molar-refractivity contribution >= 4 is 5.96 Å². The Hall–Kier alpha value is -1.75. The van der Waals surface area contributed by atoms with E-state index in [1.807, 2.05) is 19.2 Å². The highest BCUT2D eigenvalue weighted by atomic mass is 16.5. The molecule has 5 nitrogen and oxygen atoms in total. The molecule has 0 saturated heterocycles. The smallest absolute Gasteiger partial charge is 0.193 e. The van der Waals surface area contributed by atoms with Crippen molar-refractivity contribution in [1.29, 1.82) is 0 Å². The van der Waals surface area contributed by atoms with Crippen LogP contribution in [0.2, 0.25) is 0 Å². The number of hydrogen-bond acceptors (Lipinski definition) is 3. The van der Waals surface area contributed by atoms with Gasteiger partial charge in [-0.1, -0.05) is 17.7 Å². The molecule has 0 aliphatic carbocycles. The van der Waals surface area contributed by atoms with Crippen LogP contribution < -0.4 is 15.4 Å². The van der Waals surface area contributed by atoms with Gasteiger partial charge in [0.15, 0.2) is 5.96 Å². The molecule has 2 N–H and O–H groups in total. The van der Waals surface area contributed by atoms with E-state index in [2.05, 4.69) is 60.4 Å². The predicted molar refractivity (Wildman–Crippen MR) is 98.4 cm³/mol. The van der Waals surface area contributed by atoms with Crippen molar-refractivity contribution in [2.24, 2.45) is 4.99 Å². The highest BCUT2D eigenvalue weighted by Crippen LogP contribution is 2.11. The van der Waals surface area contributed by atoms with Crippen LogP contribution in [-0.2, 0) is 0 Å². The lowest BCUT2D eigenvalue weighted by atomic mass is 10.1. The van der Waals surface area contributed by atoms with Crippen LogP contribution in [0.4, 0.5) is 0 Å². The van der Waals surface area contributed by atoms with Crippen molar-refractivity contribution in [1.82, 2.24) is 15.5 Å². The monoisotopic (exact) mass is 320 g/mol. The summed E-state index contributed by atoms with van der Waals surface area (Å²) in [5, 5.41) is 6.80. The van der Waals surface area contributed by atoms with Crippen molar-refractivity contribution in [3.05, 3.63) is 29.8 Å². The van der Waals surface area contributed by atoms with Gasteiger partial charge >= 0.3 is 0 Å². The van der Waals surface area contributed by atoms with Crippen molar-refractivity contribution in [3.63, 3.8) is 0 Å². The van der Waals surface area contributed by atoms with E-state index in [4.69, 9.17) is 4.74 Å². The molecule has 130 valence electrons. The Balaban J connectivity index is 2.28. The van der Waals surface area contributed by atoms with E-state index in [1.54, 1.807) is 7.05 Å². The zero-order chi connectivity index (χ0) is 17.3. The summed E-state index contributed by atoms with van der Waals surface area (Å²) in [6.45, 7) is 11.7. The lowest BCUT2D eigenvalue weighted by Gasteiger charge is -2.24. The largest absolute Gasteiger partial charge is 0.492 e. The Morgan fingerprint density at radius 2 is 1.83 bits per heavy atom. The van der Waals surface area contributed by atoms with Gasteiger partial charge in [0.25, 0.3) is 0 Å². The number of aryl methyl sites for hydroxylation is 1. The van der Waals surface area contributed by atoms with Crippen molar-refractivity contribution in [3.8, 4) is 5.75 Å². The molecule has 1 rings (SSSR count). The SMILES string of the molecule is CN=C(NCCNC(C)(C)C)N(C)CCOc1ccc(C)cc1. The summed E-state index contributed by atoms with van der Waals surface area (Å²) in [6, 6.07) is 8.12. The van der Waals surface area contributed by atoms with Gasteiger partial charge in [-0.3, -0.25) is 4.99 Å². The lowest BCUT2D eigenvalue weighted by molar-refractivity contribution is 0.281. The fourth-order valence-corrected chi connectivity index (χ4v) is 2.04. The van der Waals surface area contributed by atoms with E-state index in [0.29, 0.717) is 6.61 Å². The van der Waals surface area contributed by atoms with Crippen LogP contribution in [0.25, 0.3) is 0 Å². The Bertz CT molecular complexity index is 477. The average Bonchev–Trinajstić information content (AvgIpc) is 2.48. The summed E-state index contributed by atoms with van der Waals surface area (Å²) in [5.74, 6) is 1.79. The molecule has 5 heteroatoms. The number of guanidine groups is 1. The molecular weight excluding hydrogens is 288 g/mol. The second kappa shape index (κ2) is 9.40. The molecule has 0 aromatic heterocycles. The Morgan fingerprint density at radius 3 is 2.39 bits per heavy atom. The first-order valence-electron chi connectivity index (χ1n) is 8.18. The zero-order valence-electron chi connectivity index (χ0n) is 15.4. The topological polar surface area (TPSA) is 48.9 Å². The number of hydrogen-bond donors (Lipinski definition) is 2. The van der Waals surface area contributed by atoms with E-state index in [1.165, 1.54) is 5.56 Å². The first-order chi connectivity index (χ1) is 10.8. The third-order valence-corrected chi connectivity index (χ3v) is 3.35. The molecule has 0 aliphatic rings. The number of aliphatic imine (C=N–C) groups is 1. The third kappa shape index (κ3) is 8.45. The van der Waals surface area contributed by atoms with Crippen molar-refractivity contribution in [2.45, 2.75) is 33.2 Å². The second-order valence-electron chi connectivity index (χ2n) is 6.73. The molecule has 23 heavy (non-hydrogen) atoms. The molecular formula is C18H32N4O. The van der Waals surface area contributed by atoms with Gasteiger partial charge in [-0.05, 0) is 39.8 Å². The highest BCUT2D eigenvalue weighted by molar-refractivity contribution is 5.79. The third-order valence-electron chi connectivity index (χ3n) is 3.35. The number of rotatable bonds is 7. The average molecular weight is 320 g/mol. The van der Waals surface area contributed by atoms with Crippen LogP contribution in [-0.4, -0.2) is 56.7 Å². The number of likely N-dealkylation sites (N-methyl/N-ethyl adjacent to an activating group) is 1. The normalized spacial score (nSPS) is 12.2. The molecule has 1 aromatic carbocycles. The number of ether oxygens (including phenoxy) is 1. The van der Waals surface area contributed by atoms with Crippen LogP contribution in [0.5, 0.6) is 5.75 Å². The maximum absolute atomic E-state index is 5.76. The van der Waals surface area contributed by atoms with Gasteiger partial charge in [-0.2, -0.15) is 0 Å². The fraction of sp³-hybridized carbons (Fsp3) is 0.611. The highest BCUT2D eigenvalue weighted by Gasteiger charge is 2.09. The minimum Gasteiger partial charge on any atom is -0.492 e. The molecule has 0 fully saturated rings. The predicted octanol–water partition coefficient (Wildman–Crippen LogP) is 2.27. The van der Waals surface area contributed by atoms with Gasteiger partial charge in [0, 0.05) is 32.7 Å². The van der Waals surface area contributed by atoms with Crippen LogP contribution in [0.1, 0.15) is 26.3 Å². The summed E-state index contributed by atoms with van der Waals surface area (Å²) in [6.07, 6.45) is 0. The van der Waals surface area contributed by atoms with Crippen LogP contribution in [0.15, 0.2) is 29.3 Å². The molecule has 0 aliphatic heterocycles. The summed E-state index contributed by atoms with van der Waals surface area (Å²) in [5.41, 5.74) is 1.38. The summed E-state index contributed by atoms with van der Waals surface area (Å²) >= 11 is 0. The van der Waals surface area contributed by atoms with Gasteiger partial charge in [0.1, 0.15) is 12.4 Å². The van der Waals surface area contributed by atoms with Crippen molar-refractivity contribution < 1.29 is 4.74 Å². The van der Waals surface area contributed by atoms with Gasteiger partial charge in [-0.15, -0.1) is 0 Å². The van der Waals surface area contributed by atoms with Gasteiger partial charge in [-0.25, -0.2) is 0 Å². The Morgan fingerprint density at radius 1 is 1.17 bits per heavy atom. The van der Waals surface area contributed by atoms with E-state index in [9.17, 15) is 0 Å². The van der Waals surface area contributed by atoms with E-state index < -0.39 is 0 Å². The Labute approximate surface area is 141 Å². The van der Waals surface area contributed by atoms with Gasteiger partial charge < -0.3 is 20.3 Å². The van der Waals surface area contributed by atoms with Crippen LogP contribution in [0, 0.1) is 6.92 Å². The fourth-order valence-electron chi connectivity index (χ4n) is 2.04. The maximum Gasteiger partial charge on any atom is 0.193 e. The van der Waals surface area contributed by atoms with Gasteiger partial charge in [0.05, 0.1) is 6.54 Å². The standard InChI is InChI=1S/C18H32N4O/c1-15-7-9-16(10-8-15)23-14-13-22(6)17(19-5)20-11-12-21-18(2,3)4/h7-10,21H,11-14H2,1-6H3,(H,19,20). The van der Waals surface area contributed by atoms with E-state index >= 15 is 0 Å². The minimum atomic E-state index is 0.138. The number of benzene rings is 1. The molecule has 0 amide bonds. The lowest BCUT2D eigenvalue weighted by Crippen LogP contribution is -2.45. The maximum atomic E-state index is 5.76. The first-order valence-corrected chi connectivity index (χ1v) is 8.18. The first kappa shape index (κ1) is 19.3. The van der Waals surface area contributed by atoms with E-state index in [-0.39, 0.29) is 5.54 Å². The minimum absolute atomic E-state index is 0.138. The summed E-state index contributed by atoms with van der Waals surface area (Å²) < 4.78 is 5.76. The van der Waals surface area contributed by atoms with Crippen LogP contribution >= 0.6 is 0 Å². The Kier molecular flexibility index (Phi) is 7.89. The quantitative estimate of drug-likeness (QED) is 0.460. The number of nitrogens with one attached hydrogen (secondary N) is 2. The van der Waals surface area contributed by atoms with Gasteiger partial charge in [0.2, 0.25) is 0 Å². The van der Waals surface area contributed by atoms with Crippen molar-refractivity contribution in [2.75, 3.05) is 40.3 Å². The molecule has 0 spiro atoms. The second-order valence-corrected chi connectivity index (χ2v) is 6.73. The zero-order valence-corrected chi connectivity index (χ0v) is 15.4. The molecule has 0 saturated carbocycles. The summed E-state index contributed by atoms with van der Waals surface area (Å²) in [4.78, 5) is 6.38. The van der Waals surface area contributed by atoms with E-state index in [0.717, 1.165) is 31.3 Å². The molecule has 0 heterocycles. The summed E-state index contributed by atoms with van der Waals surface area (Å²) in [7, 11) is 3.82. The number of nitrogens with zero attached hydrogens (tertiary/aromatic N) is 2. The molecule has 0 unspecified atom stereocenters. The van der Waals surface area contributed by atoms with Crippen LogP contribution in [0.3, 0.4) is 0 Å². The molecule has 0 bridgehead atoms. The molecule has 0 radical (unpaired) electrons. The molecule has 1 aromatic rings. The molecule has 0 atom stereocenters.